The van der Waals surface area contributed by atoms with Crippen molar-refractivity contribution >= 4 is 11.3 Å². The van der Waals surface area contributed by atoms with Crippen LogP contribution in [0.1, 0.15) is 0 Å². The lowest BCUT2D eigenvalue weighted by Gasteiger charge is -1.95. The molecule has 1 aromatic heterocycles. The molecule has 0 saturated carbocycles. The van der Waals surface area contributed by atoms with Crippen LogP contribution < -0.4 is 16.4 Å². The van der Waals surface area contributed by atoms with Gasteiger partial charge in [0.2, 0.25) is 4.80 Å². The molecule has 0 amide bonds. The molecule has 1 heterocycles. The standard InChI is InChI=1S/C5H10N4S/c6-1-2-9-3-4-10-5(9)8-7/h3-4H,1-2,6-7H2/b8-5+. The van der Waals surface area contributed by atoms with Gasteiger partial charge in [0.25, 0.3) is 0 Å². The summed E-state index contributed by atoms with van der Waals surface area (Å²) in [5.41, 5.74) is 5.34. The van der Waals surface area contributed by atoms with Gasteiger partial charge < -0.3 is 16.1 Å². The molecule has 56 valence electrons. The van der Waals surface area contributed by atoms with E-state index in [9.17, 15) is 0 Å². The highest BCUT2D eigenvalue weighted by molar-refractivity contribution is 7.07. The van der Waals surface area contributed by atoms with Gasteiger partial charge in [0.1, 0.15) is 0 Å². The van der Waals surface area contributed by atoms with Gasteiger partial charge in [-0.3, -0.25) is 0 Å². The maximum absolute atomic E-state index is 5.34. The van der Waals surface area contributed by atoms with Crippen molar-refractivity contribution in [2.24, 2.45) is 16.7 Å². The highest BCUT2D eigenvalue weighted by Crippen LogP contribution is 1.87. The zero-order valence-electron chi connectivity index (χ0n) is 5.53. The zero-order valence-corrected chi connectivity index (χ0v) is 6.34. The van der Waals surface area contributed by atoms with E-state index in [2.05, 4.69) is 5.10 Å². The Kier molecular flexibility index (Phi) is 2.47. The molecule has 0 bridgehead atoms. The van der Waals surface area contributed by atoms with Gasteiger partial charge in [0.15, 0.2) is 0 Å². The summed E-state index contributed by atoms with van der Waals surface area (Å²) >= 11 is 1.51. The van der Waals surface area contributed by atoms with E-state index in [1.165, 1.54) is 11.3 Å². The molecule has 5 heteroatoms. The Morgan fingerprint density at radius 3 is 3.10 bits per heavy atom. The van der Waals surface area contributed by atoms with Crippen LogP contribution in [-0.4, -0.2) is 11.1 Å². The van der Waals surface area contributed by atoms with Gasteiger partial charge in [0.05, 0.1) is 0 Å². The van der Waals surface area contributed by atoms with Crippen molar-refractivity contribution in [3.05, 3.63) is 16.4 Å². The van der Waals surface area contributed by atoms with E-state index in [-0.39, 0.29) is 0 Å². The van der Waals surface area contributed by atoms with Crippen LogP contribution in [0.5, 0.6) is 0 Å². The molecule has 1 aromatic rings. The van der Waals surface area contributed by atoms with E-state index >= 15 is 0 Å². The predicted octanol–water partition coefficient (Wildman–Crippen LogP) is -0.717. The molecule has 0 spiro atoms. The Morgan fingerprint density at radius 2 is 2.50 bits per heavy atom. The third kappa shape index (κ3) is 1.37. The first-order valence-electron chi connectivity index (χ1n) is 2.96. The van der Waals surface area contributed by atoms with Crippen LogP contribution in [0.3, 0.4) is 0 Å². The monoisotopic (exact) mass is 158 g/mol. The molecule has 0 saturated heterocycles. The van der Waals surface area contributed by atoms with Crippen molar-refractivity contribution in [2.45, 2.75) is 6.54 Å². The topological polar surface area (TPSA) is 69.3 Å². The minimum atomic E-state index is 0.615. The quantitative estimate of drug-likeness (QED) is 0.440. The van der Waals surface area contributed by atoms with Crippen LogP contribution in [0, 0.1) is 0 Å². The van der Waals surface area contributed by atoms with Gasteiger partial charge >= 0.3 is 0 Å². The smallest absolute Gasteiger partial charge is 0.207 e. The van der Waals surface area contributed by atoms with Crippen LogP contribution in [0.15, 0.2) is 16.7 Å². The first-order chi connectivity index (χ1) is 4.88. The first-order valence-corrected chi connectivity index (χ1v) is 3.84. The van der Waals surface area contributed by atoms with Crippen LogP contribution in [0.25, 0.3) is 0 Å². The molecule has 0 radical (unpaired) electrons. The van der Waals surface area contributed by atoms with Gasteiger partial charge in [-0.1, -0.05) is 0 Å². The van der Waals surface area contributed by atoms with Gasteiger partial charge in [0, 0.05) is 24.7 Å². The molecule has 4 nitrogen and oxygen atoms in total. The molecule has 0 atom stereocenters. The van der Waals surface area contributed by atoms with E-state index in [0.29, 0.717) is 6.54 Å². The molecule has 0 fully saturated rings. The second-order valence-electron chi connectivity index (χ2n) is 1.80. The molecule has 0 aliphatic heterocycles. The van der Waals surface area contributed by atoms with Crippen molar-refractivity contribution < 1.29 is 0 Å². The summed E-state index contributed by atoms with van der Waals surface area (Å²) in [4.78, 5) is 0.811. The Morgan fingerprint density at radius 1 is 1.70 bits per heavy atom. The highest BCUT2D eigenvalue weighted by atomic mass is 32.1. The van der Waals surface area contributed by atoms with E-state index in [1.54, 1.807) is 0 Å². The summed E-state index contributed by atoms with van der Waals surface area (Å²) in [7, 11) is 0. The number of hydrogen-bond acceptors (Lipinski definition) is 4. The van der Waals surface area contributed by atoms with Crippen molar-refractivity contribution in [3.63, 3.8) is 0 Å². The van der Waals surface area contributed by atoms with E-state index in [1.807, 2.05) is 16.1 Å². The number of rotatable bonds is 2. The number of nitrogens with two attached hydrogens (primary N) is 2. The van der Waals surface area contributed by atoms with Crippen LogP contribution in [0.2, 0.25) is 0 Å². The minimum absolute atomic E-state index is 0.615. The number of hydrogen-bond donors (Lipinski definition) is 2. The molecule has 0 aromatic carbocycles. The normalized spacial score (nSPS) is 12.3. The van der Waals surface area contributed by atoms with Crippen LogP contribution >= 0.6 is 11.3 Å². The van der Waals surface area contributed by atoms with E-state index < -0.39 is 0 Å². The summed E-state index contributed by atoms with van der Waals surface area (Å²) < 4.78 is 1.92. The third-order valence-corrected chi connectivity index (χ3v) is 1.95. The fourth-order valence-corrected chi connectivity index (χ4v) is 1.39. The summed E-state index contributed by atoms with van der Waals surface area (Å²) in [5.74, 6) is 5.10. The van der Waals surface area contributed by atoms with Gasteiger partial charge in [-0.2, -0.15) is 5.10 Å². The van der Waals surface area contributed by atoms with Crippen molar-refractivity contribution in [1.82, 2.24) is 4.57 Å². The van der Waals surface area contributed by atoms with Crippen molar-refractivity contribution in [1.29, 1.82) is 0 Å². The van der Waals surface area contributed by atoms with E-state index in [0.717, 1.165) is 11.3 Å². The number of thiazole rings is 1. The lowest BCUT2D eigenvalue weighted by Crippen LogP contribution is -2.20. The number of aromatic nitrogens is 1. The average Bonchev–Trinajstić information content (AvgIpc) is 2.36. The largest absolute Gasteiger partial charge is 0.329 e. The van der Waals surface area contributed by atoms with Gasteiger partial charge in [-0.05, 0) is 0 Å². The fraction of sp³-hybridized carbons (Fsp3) is 0.400. The van der Waals surface area contributed by atoms with E-state index in [4.69, 9.17) is 11.6 Å². The van der Waals surface area contributed by atoms with Gasteiger partial charge in [-0.15, -0.1) is 11.3 Å². The molecule has 4 N–H and O–H groups in total. The molecule has 0 aliphatic carbocycles. The summed E-state index contributed by atoms with van der Waals surface area (Å²) in [6.45, 7) is 1.39. The maximum Gasteiger partial charge on any atom is 0.207 e. The Labute approximate surface area is 62.8 Å². The predicted molar refractivity (Wildman–Crippen MR) is 41.1 cm³/mol. The van der Waals surface area contributed by atoms with Crippen LogP contribution in [-0.2, 0) is 6.54 Å². The molecule has 0 unspecified atom stereocenters. The SMILES string of the molecule is NCCn1ccs/c1=N/N. The van der Waals surface area contributed by atoms with Crippen molar-refractivity contribution in [2.75, 3.05) is 6.54 Å². The molecule has 1 rings (SSSR count). The fourth-order valence-electron chi connectivity index (χ4n) is 0.710. The summed E-state index contributed by atoms with van der Waals surface area (Å²) in [6, 6.07) is 0. The van der Waals surface area contributed by atoms with Crippen LogP contribution in [0.4, 0.5) is 0 Å². The first kappa shape index (κ1) is 7.30. The maximum atomic E-state index is 5.34. The average molecular weight is 158 g/mol. The van der Waals surface area contributed by atoms with Gasteiger partial charge in [-0.25, -0.2) is 0 Å². The third-order valence-electron chi connectivity index (χ3n) is 1.14. The molecule has 0 aliphatic rings. The number of nitrogens with zero attached hydrogens (tertiary/aromatic N) is 2. The van der Waals surface area contributed by atoms with Crippen molar-refractivity contribution in [3.8, 4) is 0 Å². The zero-order chi connectivity index (χ0) is 7.40. The molecular formula is C5H10N4S. The minimum Gasteiger partial charge on any atom is -0.329 e. The Hall–Kier alpha value is -0.810. The lowest BCUT2D eigenvalue weighted by molar-refractivity contribution is 0.683. The summed E-state index contributed by atoms with van der Waals surface area (Å²) in [6.07, 6.45) is 1.92. The highest BCUT2D eigenvalue weighted by Gasteiger charge is 1.90. The Balaban J connectivity index is 2.91. The summed E-state index contributed by atoms with van der Waals surface area (Å²) in [5, 5.41) is 5.51. The molecule has 10 heavy (non-hydrogen) atoms. The second kappa shape index (κ2) is 3.38. The molecular weight excluding hydrogens is 148 g/mol. The Bertz CT molecular complexity index is 248. The lowest BCUT2D eigenvalue weighted by atomic mass is 10.6. The second-order valence-corrected chi connectivity index (χ2v) is 2.67.